The quantitative estimate of drug-likeness (QED) is 0.311. The molecule has 0 aromatic rings. The van der Waals surface area contributed by atoms with E-state index in [1.54, 1.807) is 0 Å². The molecule has 4 N–H and O–H groups in total. The fourth-order valence-electron chi connectivity index (χ4n) is 1.11. The van der Waals surface area contributed by atoms with Crippen LogP contribution in [0.3, 0.4) is 0 Å². The Morgan fingerprint density at radius 2 is 0.952 bits per heavy atom. The molecule has 0 spiro atoms. The highest BCUT2D eigenvalue weighted by Gasteiger charge is 2.26. The number of hydrogen-bond acceptors (Lipinski definition) is 7. The number of ether oxygens (including phenoxy) is 3. The lowest BCUT2D eigenvalue weighted by atomic mass is 10.3. The van der Waals surface area contributed by atoms with Crippen LogP contribution in [0.1, 0.15) is 25.7 Å². The maximum atomic E-state index is 8.09. The van der Waals surface area contributed by atoms with Gasteiger partial charge in [0.1, 0.15) is 12.2 Å². The Kier molecular flexibility index (Phi) is 15.9. The number of aliphatic hydroxyl groups is 4. The molecule has 2 aliphatic heterocycles. The largest absolute Gasteiger partial charge is 0.396 e. The molecule has 7 heteroatoms. The maximum absolute atomic E-state index is 8.09. The second-order valence-corrected chi connectivity index (χ2v) is 4.76. The molecule has 0 radical (unpaired) electrons. The first-order chi connectivity index (χ1) is 10.3. The summed E-state index contributed by atoms with van der Waals surface area (Å²) >= 11 is 0. The summed E-state index contributed by atoms with van der Waals surface area (Å²) in [5.74, 6) is 0. The first kappa shape index (κ1) is 20.7. The molecule has 2 heterocycles. The topological polar surface area (TPSA) is 115 Å². The molecule has 0 saturated carbocycles. The van der Waals surface area contributed by atoms with Gasteiger partial charge in [-0.1, -0.05) is 0 Å². The minimum absolute atomic E-state index is 0.195. The summed E-state index contributed by atoms with van der Waals surface area (Å²) in [6.45, 7) is 4.04. The predicted molar refractivity (Wildman–Crippen MR) is 77.1 cm³/mol. The number of unbranched alkanes of at least 4 members (excludes halogenated alkanes) is 2. The molecule has 2 saturated heterocycles. The van der Waals surface area contributed by atoms with Crippen LogP contribution < -0.4 is 0 Å². The van der Waals surface area contributed by atoms with Crippen molar-refractivity contribution in [3.8, 4) is 0 Å². The van der Waals surface area contributed by atoms with Crippen LogP contribution in [0, 0.1) is 0 Å². The van der Waals surface area contributed by atoms with Crippen LogP contribution in [0.2, 0.25) is 0 Å². The Balaban J connectivity index is 0.000000300. The molecule has 2 rings (SSSR count). The highest BCUT2D eigenvalue weighted by atomic mass is 16.6. The summed E-state index contributed by atoms with van der Waals surface area (Å²) < 4.78 is 15.1. The zero-order valence-corrected chi connectivity index (χ0v) is 12.7. The van der Waals surface area contributed by atoms with Crippen molar-refractivity contribution in [2.45, 2.75) is 37.9 Å². The van der Waals surface area contributed by atoms with Crippen molar-refractivity contribution in [3.63, 3.8) is 0 Å². The number of epoxide rings is 2. The van der Waals surface area contributed by atoms with Gasteiger partial charge >= 0.3 is 0 Å². The van der Waals surface area contributed by atoms with E-state index in [0.29, 0.717) is 12.2 Å². The molecule has 0 aromatic heterocycles. The minimum Gasteiger partial charge on any atom is -0.396 e. The molecule has 7 nitrogen and oxygen atoms in total. The lowest BCUT2D eigenvalue weighted by Gasteiger charge is -1.95. The fraction of sp³-hybridized carbons (Fsp3) is 1.00. The lowest BCUT2D eigenvalue weighted by molar-refractivity contribution is 0.102. The van der Waals surface area contributed by atoms with Crippen molar-refractivity contribution in [2.24, 2.45) is 0 Å². The molecule has 21 heavy (non-hydrogen) atoms. The van der Waals surface area contributed by atoms with Gasteiger partial charge in [-0.15, -0.1) is 0 Å². The van der Waals surface area contributed by atoms with Gasteiger partial charge in [-0.05, 0) is 25.7 Å². The van der Waals surface area contributed by atoms with Gasteiger partial charge in [0.25, 0.3) is 0 Å². The van der Waals surface area contributed by atoms with Crippen LogP contribution in [0.25, 0.3) is 0 Å². The zero-order chi connectivity index (χ0) is 15.8. The van der Waals surface area contributed by atoms with Crippen molar-refractivity contribution in [2.75, 3.05) is 52.9 Å². The summed E-state index contributed by atoms with van der Waals surface area (Å²) in [7, 11) is 0. The van der Waals surface area contributed by atoms with E-state index in [2.05, 4.69) is 0 Å². The molecule has 2 aliphatic rings. The van der Waals surface area contributed by atoms with Crippen LogP contribution in [-0.2, 0) is 14.2 Å². The molecular weight excluding hydrogens is 280 g/mol. The second-order valence-electron chi connectivity index (χ2n) is 4.76. The van der Waals surface area contributed by atoms with Gasteiger partial charge in [-0.3, -0.25) is 0 Å². The van der Waals surface area contributed by atoms with Crippen LogP contribution in [0.4, 0.5) is 0 Å². The number of aliphatic hydroxyl groups excluding tert-OH is 4. The van der Waals surface area contributed by atoms with Gasteiger partial charge in [0.05, 0.1) is 26.4 Å². The molecule has 0 amide bonds. The zero-order valence-electron chi connectivity index (χ0n) is 12.7. The smallest absolute Gasteiger partial charge is 0.104 e. The van der Waals surface area contributed by atoms with E-state index in [1.807, 2.05) is 0 Å². The van der Waals surface area contributed by atoms with Crippen LogP contribution >= 0.6 is 0 Å². The average Bonchev–Trinajstić information content (AvgIpc) is 3.39. The third kappa shape index (κ3) is 19.7. The minimum atomic E-state index is 0.195. The third-order valence-corrected chi connectivity index (χ3v) is 2.54. The van der Waals surface area contributed by atoms with Crippen molar-refractivity contribution >= 4 is 0 Å². The molecule has 128 valence electrons. The normalized spacial score (nSPS) is 21.7. The second kappa shape index (κ2) is 16.1. The molecule has 2 unspecified atom stereocenters. The summed E-state index contributed by atoms with van der Waals surface area (Å²) in [6.07, 6.45) is 3.66. The molecule has 0 aliphatic carbocycles. The van der Waals surface area contributed by atoms with Crippen LogP contribution in [-0.4, -0.2) is 85.5 Å². The van der Waals surface area contributed by atoms with E-state index in [1.165, 1.54) is 0 Å². The van der Waals surface area contributed by atoms with E-state index >= 15 is 0 Å². The van der Waals surface area contributed by atoms with Crippen LogP contribution in [0.5, 0.6) is 0 Å². The highest BCUT2D eigenvalue weighted by molar-refractivity contribution is 4.71. The van der Waals surface area contributed by atoms with Crippen LogP contribution in [0.15, 0.2) is 0 Å². The van der Waals surface area contributed by atoms with Gasteiger partial charge in [-0.25, -0.2) is 0 Å². The summed E-state index contributed by atoms with van der Waals surface area (Å²) in [6, 6.07) is 0. The van der Waals surface area contributed by atoms with Crippen molar-refractivity contribution in [1.82, 2.24) is 0 Å². The molecule has 2 atom stereocenters. The van der Waals surface area contributed by atoms with E-state index in [4.69, 9.17) is 34.6 Å². The SMILES string of the molecule is C(OCC1CO1)C1CO1.OCCCCO.OCCCCO. The summed E-state index contributed by atoms with van der Waals surface area (Å²) in [5.41, 5.74) is 0. The average molecular weight is 310 g/mol. The Morgan fingerprint density at radius 1 is 0.667 bits per heavy atom. The van der Waals surface area contributed by atoms with Gasteiger partial charge in [0, 0.05) is 26.4 Å². The van der Waals surface area contributed by atoms with Crippen molar-refractivity contribution < 1.29 is 34.6 Å². The number of rotatable bonds is 10. The Morgan fingerprint density at radius 3 is 1.14 bits per heavy atom. The van der Waals surface area contributed by atoms with Gasteiger partial charge in [-0.2, -0.15) is 0 Å². The predicted octanol–water partition coefficient (Wildman–Crippen LogP) is -0.697. The fourth-order valence-corrected chi connectivity index (χ4v) is 1.11. The Labute approximate surface area is 126 Å². The van der Waals surface area contributed by atoms with Crippen molar-refractivity contribution in [3.05, 3.63) is 0 Å². The van der Waals surface area contributed by atoms with Gasteiger partial charge in [0.2, 0.25) is 0 Å². The maximum Gasteiger partial charge on any atom is 0.104 e. The van der Waals surface area contributed by atoms with E-state index in [-0.39, 0.29) is 26.4 Å². The lowest BCUT2D eigenvalue weighted by Crippen LogP contribution is -2.06. The summed E-state index contributed by atoms with van der Waals surface area (Å²) in [4.78, 5) is 0. The highest BCUT2D eigenvalue weighted by Crippen LogP contribution is 2.12. The third-order valence-electron chi connectivity index (χ3n) is 2.54. The van der Waals surface area contributed by atoms with Gasteiger partial charge in [0.15, 0.2) is 0 Å². The first-order valence-corrected chi connectivity index (χ1v) is 7.52. The molecule has 2 fully saturated rings. The number of hydrogen-bond donors (Lipinski definition) is 4. The first-order valence-electron chi connectivity index (χ1n) is 7.52. The Bertz CT molecular complexity index is 168. The monoisotopic (exact) mass is 310 g/mol. The van der Waals surface area contributed by atoms with Gasteiger partial charge < -0.3 is 34.6 Å². The van der Waals surface area contributed by atoms with E-state index in [9.17, 15) is 0 Å². The molecular formula is C14H30O7. The molecule has 0 bridgehead atoms. The van der Waals surface area contributed by atoms with Crippen molar-refractivity contribution in [1.29, 1.82) is 0 Å². The molecule has 0 aromatic carbocycles. The Hall–Kier alpha value is -0.280. The van der Waals surface area contributed by atoms with E-state index in [0.717, 1.165) is 52.1 Å². The van der Waals surface area contributed by atoms with E-state index < -0.39 is 0 Å². The summed E-state index contributed by atoms with van der Waals surface area (Å²) in [5, 5.41) is 32.3. The standard InChI is InChI=1S/C6H10O3.2C4H10O2/c1(5-3-8-5)7-2-6-4-9-6;2*5-3-1-2-4-6/h5-6H,1-4H2;2*5-6H,1-4H2.